The first-order valence-electron chi connectivity index (χ1n) is 5.73. The molecule has 0 bridgehead atoms. The minimum atomic E-state index is -0.598. The molecule has 0 heterocycles. The molecular weight excluding hydrogens is 221 g/mol. The van der Waals surface area contributed by atoms with Gasteiger partial charge in [0.2, 0.25) is 0 Å². The third kappa shape index (κ3) is 4.71. The third-order valence-corrected chi connectivity index (χ3v) is 2.73. The highest BCUT2D eigenvalue weighted by Gasteiger charge is 2.16. The lowest BCUT2D eigenvalue weighted by atomic mass is 9.90. The number of phenolic OH excluding ortho intramolecular Hbond substituents is 1. The zero-order valence-corrected chi connectivity index (χ0v) is 10.3. The Morgan fingerprint density at radius 1 is 1.35 bits per heavy atom. The van der Waals surface area contributed by atoms with E-state index in [1.165, 1.54) is 12.1 Å². The van der Waals surface area contributed by atoms with Crippen molar-refractivity contribution in [2.45, 2.75) is 26.8 Å². The van der Waals surface area contributed by atoms with Gasteiger partial charge in [-0.25, -0.2) is 4.39 Å². The van der Waals surface area contributed by atoms with E-state index in [9.17, 15) is 4.39 Å². The van der Waals surface area contributed by atoms with Gasteiger partial charge in [-0.15, -0.1) is 0 Å². The second-order valence-electron chi connectivity index (χ2n) is 5.03. The Morgan fingerprint density at radius 2 is 2.06 bits per heavy atom. The fourth-order valence-corrected chi connectivity index (χ4v) is 1.60. The van der Waals surface area contributed by atoms with E-state index in [1.54, 1.807) is 6.07 Å². The Morgan fingerprint density at radius 3 is 2.65 bits per heavy atom. The molecule has 0 aliphatic rings. The van der Waals surface area contributed by atoms with Gasteiger partial charge in [0, 0.05) is 19.7 Å². The van der Waals surface area contributed by atoms with Crippen LogP contribution in [0.1, 0.15) is 25.8 Å². The average Bonchev–Trinajstić information content (AvgIpc) is 2.23. The fourth-order valence-electron chi connectivity index (χ4n) is 1.60. The van der Waals surface area contributed by atoms with E-state index in [-0.39, 0.29) is 17.8 Å². The monoisotopic (exact) mass is 241 g/mol. The molecule has 0 radical (unpaired) electrons. The summed E-state index contributed by atoms with van der Waals surface area (Å²) in [5, 5.41) is 21.1. The normalized spacial score (nSPS) is 11.8. The second kappa shape index (κ2) is 5.98. The van der Waals surface area contributed by atoms with Gasteiger partial charge < -0.3 is 15.5 Å². The molecule has 0 spiro atoms. The van der Waals surface area contributed by atoms with Crippen LogP contribution in [0, 0.1) is 11.2 Å². The number of halogens is 1. The molecule has 17 heavy (non-hydrogen) atoms. The Kier molecular flexibility index (Phi) is 4.90. The summed E-state index contributed by atoms with van der Waals surface area (Å²) in [5.41, 5.74) is 0.810. The van der Waals surface area contributed by atoms with Crippen molar-refractivity contribution < 1.29 is 14.6 Å². The maximum atomic E-state index is 13.1. The van der Waals surface area contributed by atoms with Crippen LogP contribution < -0.4 is 5.32 Å². The SMILES string of the molecule is CC(C)(CCO)CNCc1ccc(O)c(F)c1. The lowest BCUT2D eigenvalue weighted by Gasteiger charge is -2.24. The number of hydrogen-bond acceptors (Lipinski definition) is 3. The highest BCUT2D eigenvalue weighted by atomic mass is 19.1. The van der Waals surface area contributed by atoms with E-state index in [4.69, 9.17) is 10.2 Å². The van der Waals surface area contributed by atoms with E-state index in [0.717, 1.165) is 18.5 Å². The van der Waals surface area contributed by atoms with Gasteiger partial charge in [0.1, 0.15) is 0 Å². The van der Waals surface area contributed by atoms with Crippen molar-refractivity contribution in [3.05, 3.63) is 29.6 Å². The number of rotatable bonds is 6. The van der Waals surface area contributed by atoms with Crippen LogP contribution in [-0.2, 0) is 6.54 Å². The summed E-state index contributed by atoms with van der Waals surface area (Å²) in [6.07, 6.45) is 0.726. The van der Waals surface area contributed by atoms with Crippen LogP contribution in [0.4, 0.5) is 4.39 Å². The maximum Gasteiger partial charge on any atom is 0.165 e. The van der Waals surface area contributed by atoms with Crippen molar-refractivity contribution in [2.24, 2.45) is 5.41 Å². The zero-order valence-electron chi connectivity index (χ0n) is 10.3. The largest absolute Gasteiger partial charge is 0.505 e. The molecule has 96 valence electrons. The molecule has 1 aromatic rings. The van der Waals surface area contributed by atoms with Crippen molar-refractivity contribution in [2.75, 3.05) is 13.2 Å². The molecule has 0 aliphatic carbocycles. The highest BCUT2D eigenvalue weighted by Crippen LogP contribution is 2.19. The molecule has 0 aromatic heterocycles. The van der Waals surface area contributed by atoms with E-state index in [1.807, 2.05) is 0 Å². The van der Waals surface area contributed by atoms with E-state index in [2.05, 4.69) is 19.2 Å². The second-order valence-corrected chi connectivity index (χ2v) is 5.03. The van der Waals surface area contributed by atoms with Crippen molar-refractivity contribution in [3.63, 3.8) is 0 Å². The van der Waals surface area contributed by atoms with E-state index >= 15 is 0 Å². The van der Waals surface area contributed by atoms with Gasteiger partial charge in [0.05, 0.1) is 0 Å². The molecule has 3 N–H and O–H groups in total. The first-order valence-corrected chi connectivity index (χ1v) is 5.73. The molecule has 4 heteroatoms. The standard InChI is InChI=1S/C13H20FNO2/c1-13(2,5-6-16)9-15-8-10-3-4-12(17)11(14)7-10/h3-4,7,15-17H,5-6,8-9H2,1-2H3. The van der Waals surface area contributed by atoms with Gasteiger partial charge in [0.15, 0.2) is 11.6 Å². The highest BCUT2D eigenvalue weighted by molar-refractivity contribution is 5.27. The molecule has 0 fully saturated rings. The Labute approximate surface area is 101 Å². The molecule has 0 atom stereocenters. The van der Waals surface area contributed by atoms with Crippen LogP contribution in [0.15, 0.2) is 18.2 Å². The Bertz CT molecular complexity index is 366. The van der Waals surface area contributed by atoms with Crippen LogP contribution in [0.25, 0.3) is 0 Å². The van der Waals surface area contributed by atoms with Crippen LogP contribution in [0.3, 0.4) is 0 Å². The molecule has 3 nitrogen and oxygen atoms in total. The van der Waals surface area contributed by atoms with Gasteiger partial charge in [0.25, 0.3) is 0 Å². The number of hydrogen-bond donors (Lipinski definition) is 3. The quantitative estimate of drug-likeness (QED) is 0.714. The lowest BCUT2D eigenvalue weighted by Crippen LogP contribution is -2.29. The average molecular weight is 241 g/mol. The predicted molar refractivity (Wildman–Crippen MR) is 65.3 cm³/mol. The predicted octanol–water partition coefficient (Wildman–Crippen LogP) is 2.03. The van der Waals surface area contributed by atoms with Gasteiger partial charge in [-0.05, 0) is 29.5 Å². The first kappa shape index (κ1) is 13.9. The fraction of sp³-hybridized carbons (Fsp3) is 0.538. The third-order valence-electron chi connectivity index (χ3n) is 2.73. The molecule has 0 amide bonds. The minimum absolute atomic E-state index is 0.0181. The topological polar surface area (TPSA) is 52.5 Å². The number of nitrogens with one attached hydrogen (secondary N) is 1. The molecule has 0 saturated heterocycles. The Balaban J connectivity index is 2.43. The number of aliphatic hydroxyl groups is 1. The van der Waals surface area contributed by atoms with Crippen LogP contribution in [0.5, 0.6) is 5.75 Å². The zero-order chi connectivity index (χ0) is 12.9. The number of aliphatic hydroxyl groups excluding tert-OH is 1. The van der Waals surface area contributed by atoms with Crippen molar-refractivity contribution in [3.8, 4) is 5.75 Å². The van der Waals surface area contributed by atoms with Crippen LogP contribution in [-0.4, -0.2) is 23.4 Å². The van der Waals surface area contributed by atoms with Crippen molar-refractivity contribution in [1.29, 1.82) is 0 Å². The van der Waals surface area contributed by atoms with E-state index < -0.39 is 5.82 Å². The summed E-state index contributed by atoms with van der Waals surface area (Å²) in [6.45, 7) is 5.59. The van der Waals surface area contributed by atoms with E-state index in [0.29, 0.717) is 6.54 Å². The minimum Gasteiger partial charge on any atom is -0.505 e. The molecule has 1 aromatic carbocycles. The van der Waals surface area contributed by atoms with Crippen LogP contribution in [0.2, 0.25) is 0 Å². The van der Waals surface area contributed by atoms with Gasteiger partial charge in [-0.1, -0.05) is 19.9 Å². The van der Waals surface area contributed by atoms with Crippen molar-refractivity contribution in [1.82, 2.24) is 5.32 Å². The number of benzene rings is 1. The summed E-state index contributed by atoms with van der Waals surface area (Å²) in [7, 11) is 0. The van der Waals surface area contributed by atoms with Gasteiger partial charge in [-0.3, -0.25) is 0 Å². The lowest BCUT2D eigenvalue weighted by molar-refractivity contribution is 0.207. The van der Waals surface area contributed by atoms with Gasteiger partial charge >= 0.3 is 0 Å². The van der Waals surface area contributed by atoms with Crippen LogP contribution >= 0.6 is 0 Å². The first-order chi connectivity index (χ1) is 7.94. The molecule has 1 rings (SSSR count). The van der Waals surface area contributed by atoms with Gasteiger partial charge in [-0.2, -0.15) is 0 Å². The smallest absolute Gasteiger partial charge is 0.165 e. The summed E-state index contributed by atoms with van der Waals surface area (Å²) in [5.74, 6) is -0.923. The molecular formula is C13H20FNO2. The van der Waals surface area contributed by atoms with Crippen molar-refractivity contribution >= 4 is 0 Å². The Hall–Kier alpha value is -1.13. The summed E-state index contributed by atoms with van der Waals surface area (Å²) < 4.78 is 13.1. The molecule has 0 saturated carbocycles. The number of phenols is 1. The molecule has 0 aliphatic heterocycles. The molecule has 0 unspecified atom stereocenters. The summed E-state index contributed by atoms with van der Waals surface area (Å²) in [6, 6.07) is 4.36. The number of aromatic hydroxyl groups is 1. The maximum absolute atomic E-state index is 13.1. The summed E-state index contributed by atoms with van der Waals surface area (Å²) >= 11 is 0. The summed E-state index contributed by atoms with van der Waals surface area (Å²) in [4.78, 5) is 0.